The molecule has 2 rings (SSSR count). The summed E-state index contributed by atoms with van der Waals surface area (Å²) < 4.78 is 13.0. The molecule has 1 aromatic rings. The fourth-order valence-corrected chi connectivity index (χ4v) is 2.82. The average molecular weight is 263 g/mol. The molecule has 0 N–H and O–H groups in total. The van der Waals surface area contributed by atoms with E-state index in [1.165, 1.54) is 37.8 Å². The van der Waals surface area contributed by atoms with Gasteiger partial charge in [-0.1, -0.05) is 25.0 Å². The van der Waals surface area contributed by atoms with E-state index in [9.17, 15) is 9.18 Å². The van der Waals surface area contributed by atoms with Crippen molar-refractivity contribution in [2.24, 2.45) is 5.92 Å². The van der Waals surface area contributed by atoms with Crippen LogP contribution < -0.4 is 0 Å². The van der Waals surface area contributed by atoms with Gasteiger partial charge in [0.2, 0.25) is 0 Å². The van der Waals surface area contributed by atoms with Crippen molar-refractivity contribution in [3.05, 3.63) is 35.6 Å². The van der Waals surface area contributed by atoms with Gasteiger partial charge in [0.15, 0.2) is 5.78 Å². The number of nitrogens with zero attached hydrogens (tertiary/aromatic N) is 1. The van der Waals surface area contributed by atoms with Gasteiger partial charge in [0, 0.05) is 25.1 Å². The van der Waals surface area contributed by atoms with Crippen LogP contribution in [0.2, 0.25) is 0 Å². The van der Waals surface area contributed by atoms with E-state index < -0.39 is 0 Å². The Hall–Kier alpha value is -1.22. The normalized spacial score (nSPS) is 16.2. The van der Waals surface area contributed by atoms with Crippen molar-refractivity contribution < 1.29 is 9.18 Å². The van der Waals surface area contributed by atoms with Crippen LogP contribution in [-0.2, 0) is 0 Å². The van der Waals surface area contributed by atoms with Crippen LogP contribution in [-0.4, -0.2) is 30.8 Å². The number of carbonyl (C=O) groups is 1. The van der Waals surface area contributed by atoms with Gasteiger partial charge in [-0.15, -0.1) is 0 Å². The quantitative estimate of drug-likeness (QED) is 0.732. The third kappa shape index (κ3) is 4.43. The Morgan fingerprint density at radius 3 is 2.79 bits per heavy atom. The smallest absolute Gasteiger partial charge is 0.164 e. The summed E-state index contributed by atoms with van der Waals surface area (Å²) in [4.78, 5) is 14.2. The molecule has 2 nitrogen and oxygen atoms in total. The Morgan fingerprint density at radius 1 is 1.37 bits per heavy atom. The molecule has 0 atom stereocenters. The van der Waals surface area contributed by atoms with Gasteiger partial charge in [-0.25, -0.2) is 4.39 Å². The Morgan fingerprint density at radius 2 is 2.11 bits per heavy atom. The van der Waals surface area contributed by atoms with Crippen molar-refractivity contribution in [3.8, 4) is 0 Å². The first-order valence-corrected chi connectivity index (χ1v) is 7.12. The summed E-state index contributed by atoms with van der Waals surface area (Å²) in [6.45, 7) is 1.84. The van der Waals surface area contributed by atoms with Crippen LogP contribution in [0.4, 0.5) is 4.39 Å². The van der Waals surface area contributed by atoms with Crippen molar-refractivity contribution >= 4 is 5.78 Å². The maximum atomic E-state index is 13.0. The number of ketones is 1. The molecule has 0 heterocycles. The monoisotopic (exact) mass is 263 g/mol. The lowest BCUT2D eigenvalue weighted by molar-refractivity contribution is 0.0965. The molecule has 19 heavy (non-hydrogen) atoms. The topological polar surface area (TPSA) is 20.3 Å². The fourth-order valence-electron chi connectivity index (χ4n) is 2.82. The molecule has 3 heteroatoms. The van der Waals surface area contributed by atoms with Crippen LogP contribution in [0.3, 0.4) is 0 Å². The number of Topliss-reactive ketones (excluding diaryl/α,β-unsaturated/α-hetero) is 1. The van der Waals surface area contributed by atoms with Gasteiger partial charge in [0.25, 0.3) is 0 Å². The molecule has 104 valence electrons. The van der Waals surface area contributed by atoms with Crippen molar-refractivity contribution in [1.29, 1.82) is 0 Å². The molecular weight excluding hydrogens is 241 g/mol. The van der Waals surface area contributed by atoms with Crippen molar-refractivity contribution in [3.63, 3.8) is 0 Å². The second-order valence-corrected chi connectivity index (χ2v) is 5.60. The molecule has 0 unspecified atom stereocenters. The van der Waals surface area contributed by atoms with Gasteiger partial charge < -0.3 is 4.90 Å². The molecular formula is C16H22FNO. The van der Waals surface area contributed by atoms with E-state index in [4.69, 9.17) is 0 Å². The van der Waals surface area contributed by atoms with Crippen molar-refractivity contribution in [1.82, 2.24) is 4.90 Å². The zero-order valence-electron chi connectivity index (χ0n) is 11.6. The molecule has 1 saturated carbocycles. The molecule has 0 aliphatic heterocycles. The molecule has 0 spiro atoms. The highest BCUT2D eigenvalue weighted by Crippen LogP contribution is 2.25. The van der Waals surface area contributed by atoms with Gasteiger partial charge in [-0.2, -0.15) is 0 Å². The van der Waals surface area contributed by atoms with Crippen LogP contribution in [0.5, 0.6) is 0 Å². The summed E-state index contributed by atoms with van der Waals surface area (Å²) in [5.74, 6) is 0.484. The largest absolute Gasteiger partial charge is 0.306 e. The zero-order chi connectivity index (χ0) is 13.7. The highest BCUT2D eigenvalue weighted by Gasteiger charge is 2.17. The third-order valence-electron chi connectivity index (χ3n) is 3.91. The maximum Gasteiger partial charge on any atom is 0.164 e. The minimum atomic E-state index is -0.342. The zero-order valence-corrected chi connectivity index (χ0v) is 11.6. The number of benzene rings is 1. The summed E-state index contributed by atoms with van der Waals surface area (Å²) in [6.07, 6.45) is 5.80. The van der Waals surface area contributed by atoms with E-state index in [0.29, 0.717) is 12.0 Å². The SMILES string of the molecule is CN(CCC(=O)c1cccc(F)c1)CC1CCCC1. The molecule has 0 radical (unpaired) electrons. The van der Waals surface area contributed by atoms with Crippen LogP contribution in [0.1, 0.15) is 42.5 Å². The number of rotatable bonds is 6. The van der Waals surface area contributed by atoms with E-state index in [-0.39, 0.29) is 11.6 Å². The van der Waals surface area contributed by atoms with Crippen LogP contribution in [0, 0.1) is 11.7 Å². The highest BCUT2D eigenvalue weighted by atomic mass is 19.1. The summed E-state index contributed by atoms with van der Waals surface area (Å²) in [7, 11) is 2.07. The van der Waals surface area contributed by atoms with Gasteiger partial charge in [-0.05, 0) is 37.9 Å². The Balaban J connectivity index is 1.76. The first-order chi connectivity index (χ1) is 9.15. The lowest BCUT2D eigenvalue weighted by Crippen LogP contribution is -2.27. The molecule has 1 aromatic carbocycles. The van der Waals surface area contributed by atoms with E-state index in [1.807, 2.05) is 0 Å². The van der Waals surface area contributed by atoms with Gasteiger partial charge in [0.1, 0.15) is 5.82 Å². The summed E-state index contributed by atoms with van der Waals surface area (Å²) in [5, 5.41) is 0. The van der Waals surface area contributed by atoms with E-state index in [0.717, 1.165) is 19.0 Å². The van der Waals surface area contributed by atoms with Crippen LogP contribution in [0.15, 0.2) is 24.3 Å². The minimum absolute atomic E-state index is 0.0257. The van der Waals surface area contributed by atoms with Gasteiger partial charge >= 0.3 is 0 Å². The molecule has 1 fully saturated rings. The summed E-state index contributed by atoms with van der Waals surface area (Å²) in [6, 6.07) is 5.95. The predicted octanol–water partition coefficient (Wildman–Crippen LogP) is 3.52. The number of hydrogen-bond donors (Lipinski definition) is 0. The number of hydrogen-bond acceptors (Lipinski definition) is 2. The first-order valence-electron chi connectivity index (χ1n) is 7.12. The Bertz CT molecular complexity index is 427. The van der Waals surface area contributed by atoms with E-state index >= 15 is 0 Å². The Kier molecular flexibility index (Phi) is 5.08. The maximum absolute atomic E-state index is 13.0. The van der Waals surface area contributed by atoms with Crippen LogP contribution in [0.25, 0.3) is 0 Å². The third-order valence-corrected chi connectivity index (χ3v) is 3.91. The van der Waals surface area contributed by atoms with Gasteiger partial charge in [-0.3, -0.25) is 4.79 Å². The molecule has 0 amide bonds. The average Bonchev–Trinajstić information content (AvgIpc) is 2.88. The standard InChI is InChI=1S/C16H22FNO/c1-18(12-13-5-2-3-6-13)10-9-16(19)14-7-4-8-15(17)11-14/h4,7-8,11,13H,2-3,5-6,9-10,12H2,1H3. The number of halogens is 1. The highest BCUT2D eigenvalue weighted by molar-refractivity contribution is 5.96. The predicted molar refractivity (Wildman–Crippen MR) is 74.8 cm³/mol. The Labute approximate surface area is 114 Å². The lowest BCUT2D eigenvalue weighted by atomic mass is 10.1. The van der Waals surface area contributed by atoms with E-state index in [2.05, 4.69) is 11.9 Å². The van der Waals surface area contributed by atoms with Gasteiger partial charge in [0.05, 0.1) is 0 Å². The second kappa shape index (κ2) is 6.80. The minimum Gasteiger partial charge on any atom is -0.306 e. The molecule has 1 aliphatic carbocycles. The van der Waals surface area contributed by atoms with Crippen LogP contribution >= 0.6 is 0 Å². The lowest BCUT2D eigenvalue weighted by Gasteiger charge is -2.20. The van der Waals surface area contributed by atoms with Crippen molar-refractivity contribution in [2.45, 2.75) is 32.1 Å². The molecule has 1 aliphatic rings. The summed E-state index contributed by atoms with van der Waals surface area (Å²) >= 11 is 0. The first kappa shape index (κ1) is 14.2. The van der Waals surface area contributed by atoms with E-state index in [1.54, 1.807) is 12.1 Å². The molecule has 0 aromatic heterocycles. The fraction of sp³-hybridized carbons (Fsp3) is 0.562. The van der Waals surface area contributed by atoms with Crippen molar-refractivity contribution in [2.75, 3.05) is 20.1 Å². The number of carbonyl (C=O) groups excluding carboxylic acids is 1. The summed E-state index contributed by atoms with van der Waals surface area (Å²) in [5.41, 5.74) is 0.481. The second-order valence-electron chi connectivity index (χ2n) is 5.60. The molecule has 0 bridgehead atoms. The molecule has 0 saturated heterocycles.